The molecule has 0 aliphatic heterocycles. The van der Waals surface area contributed by atoms with Gasteiger partial charge in [-0.05, 0) is 25.8 Å². The number of nitro groups is 1. The number of thioether (sulfide) groups is 1. The number of nitrogens with zero attached hydrogens (tertiary/aromatic N) is 3. The summed E-state index contributed by atoms with van der Waals surface area (Å²) < 4.78 is 44.9. The zero-order valence-corrected chi connectivity index (χ0v) is 14.6. The number of alkyl halides is 3. The van der Waals surface area contributed by atoms with Crippen molar-refractivity contribution in [3.05, 3.63) is 39.8 Å². The van der Waals surface area contributed by atoms with Crippen molar-refractivity contribution in [1.82, 2.24) is 10.2 Å². The lowest BCUT2D eigenvalue weighted by Crippen LogP contribution is -2.24. The molecule has 1 heterocycles. The molecule has 0 radical (unpaired) electrons. The number of amides is 1. The van der Waals surface area contributed by atoms with E-state index >= 15 is 0 Å². The number of anilines is 1. The molecular weight excluding hydrogens is 389 g/mol. The molecule has 1 atom stereocenters. The first-order valence-corrected chi connectivity index (χ1v) is 8.69. The van der Waals surface area contributed by atoms with Crippen LogP contribution >= 0.6 is 11.8 Å². The van der Waals surface area contributed by atoms with Gasteiger partial charge >= 0.3 is 6.18 Å². The molecule has 0 saturated heterocycles. The van der Waals surface area contributed by atoms with Crippen LogP contribution in [0.25, 0.3) is 0 Å². The van der Waals surface area contributed by atoms with E-state index in [1.807, 2.05) is 0 Å². The maximum Gasteiger partial charge on any atom is 0.418 e. The average Bonchev–Trinajstić information content (AvgIpc) is 3.33. The Morgan fingerprint density at radius 3 is 2.70 bits per heavy atom. The summed E-state index contributed by atoms with van der Waals surface area (Å²) in [7, 11) is 0. The van der Waals surface area contributed by atoms with E-state index in [4.69, 9.17) is 4.42 Å². The molecule has 2 aromatic rings. The van der Waals surface area contributed by atoms with Crippen LogP contribution in [0.1, 0.15) is 37.1 Å². The number of carbonyl (C=O) groups is 1. The number of carbonyl (C=O) groups excluding carboxylic acids is 1. The van der Waals surface area contributed by atoms with Crippen LogP contribution in [-0.2, 0) is 11.0 Å². The molecule has 0 spiro atoms. The van der Waals surface area contributed by atoms with Gasteiger partial charge in [0.25, 0.3) is 10.9 Å². The van der Waals surface area contributed by atoms with Gasteiger partial charge in [0.1, 0.15) is 0 Å². The van der Waals surface area contributed by atoms with Crippen molar-refractivity contribution in [2.75, 3.05) is 5.32 Å². The topological polar surface area (TPSA) is 111 Å². The molecule has 8 nitrogen and oxygen atoms in total. The Labute approximate surface area is 154 Å². The van der Waals surface area contributed by atoms with E-state index in [1.54, 1.807) is 0 Å². The summed E-state index contributed by atoms with van der Waals surface area (Å²) in [5.74, 6) is -0.00389. The zero-order valence-electron chi connectivity index (χ0n) is 13.8. The number of nitro benzene ring substituents is 1. The quantitative estimate of drug-likeness (QED) is 0.442. The average molecular weight is 402 g/mol. The van der Waals surface area contributed by atoms with Crippen LogP contribution in [0.5, 0.6) is 0 Å². The van der Waals surface area contributed by atoms with Gasteiger partial charge in [-0.2, -0.15) is 13.2 Å². The zero-order chi connectivity index (χ0) is 19.8. The van der Waals surface area contributed by atoms with Gasteiger partial charge in [-0.25, -0.2) is 0 Å². The minimum absolute atomic E-state index is 0.152. The van der Waals surface area contributed by atoms with Crippen molar-refractivity contribution < 1.29 is 27.3 Å². The largest absolute Gasteiger partial charge is 0.418 e. The van der Waals surface area contributed by atoms with Crippen molar-refractivity contribution in [2.45, 2.75) is 42.3 Å². The minimum Gasteiger partial charge on any atom is -0.416 e. The molecule has 12 heteroatoms. The number of nitrogens with one attached hydrogen (secondary N) is 1. The first-order chi connectivity index (χ1) is 12.6. The second kappa shape index (κ2) is 7.18. The third kappa shape index (κ3) is 4.56. The summed E-state index contributed by atoms with van der Waals surface area (Å²) in [6.07, 6.45) is -2.94. The van der Waals surface area contributed by atoms with Crippen molar-refractivity contribution in [3.63, 3.8) is 0 Å². The molecule has 1 aliphatic carbocycles. The van der Waals surface area contributed by atoms with E-state index in [0.29, 0.717) is 12.0 Å². The molecule has 144 valence electrons. The Morgan fingerprint density at radius 1 is 1.41 bits per heavy atom. The van der Waals surface area contributed by atoms with E-state index in [9.17, 15) is 28.1 Å². The summed E-state index contributed by atoms with van der Waals surface area (Å²) in [6.45, 7) is 1.47. The molecule has 0 bridgehead atoms. The molecule has 1 aliphatic rings. The highest BCUT2D eigenvalue weighted by molar-refractivity contribution is 8.00. The SMILES string of the molecule is C[C@@H](Sc1nnc(C2CC2)o1)C(=O)Nc1ccc([N+](=O)[O-])cc1C(F)(F)F. The van der Waals surface area contributed by atoms with Gasteiger partial charge in [0, 0.05) is 18.1 Å². The number of benzene rings is 1. The van der Waals surface area contributed by atoms with Crippen molar-refractivity contribution in [2.24, 2.45) is 0 Å². The fourth-order valence-corrected chi connectivity index (χ4v) is 2.88. The minimum atomic E-state index is -4.86. The fraction of sp³-hybridized carbons (Fsp3) is 0.400. The monoisotopic (exact) mass is 402 g/mol. The lowest BCUT2D eigenvalue weighted by molar-refractivity contribution is -0.385. The highest BCUT2D eigenvalue weighted by atomic mass is 32.2. The van der Waals surface area contributed by atoms with E-state index in [-0.39, 0.29) is 11.1 Å². The first-order valence-electron chi connectivity index (χ1n) is 7.81. The van der Waals surface area contributed by atoms with E-state index in [0.717, 1.165) is 36.7 Å². The van der Waals surface area contributed by atoms with Gasteiger partial charge < -0.3 is 9.73 Å². The molecule has 27 heavy (non-hydrogen) atoms. The van der Waals surface area contributed by atoms with Crippen LogP contribution in [0.3, 0.4) is 0 Å². The van der Waals surface area contributed by atoms with Gasteiger partial charge in [-0.1, -0.05) is 11.8 Å². The molecule has 3 rings (SSSR count). The molecule has 1 N–H and O–H groups in total. The predicted octanol–water partition coefficient (Wildman–Crippen LogP) is 3.99. The summed E-state index contributed by atoms with van der Waals surface area (Å²) in [5.41, 5.74) is -2.58. The lowest BCUT2D eigenvalue weighted by Gasteiger charge is -2.15. The molecule has 1 amide bonds. The smallest absolute Gasteiger partial charge is 0.416 e. The summed E-state index contributed by atoms with van der Waals surface area (Å²) in [6, 6.07) is 2.13. The Kier molecular flexibility index (Phi) is 5.09. The number of aromatic nitrogens is 2. The Bertz CT molecular complexity index is 882. The Morgan fingerprint density at radius 2 is 2.11 bits per heavy atom. The fourth-order valence-electron chi connectivity index (χ4n) is 2.19. The number of hydrogen-bond donors (Lipinski definition) is 1. The molecule has 1 fully saturated rings. The highest BCUT2D eigenvalue weighted by Gasteiger charge is 2.36. The Balaban J connectivity index is 1.72. The third-order valence-electron chi connectivity index (χ3n) is 3.77. The van der Waals surface area contributed by atoms with Gasteiger partial charge in [0.05, 0.1) is 21.4 Å². The second-order valence-corrected chi connectivity index (χ2v) is 7.21. The van der Waals surface area contributed by atoms with Crippen LogP contribution in [0.15, 0.2) is 27.8 Å². The van der Waals surface area contributed by atoms with E-state index in [2.05, 4.69) is 15.5 Å². The van der Waals surface area contributed by atoms with Gasteiger partial charge in [0.15, 0.2) is 0 Å². The van der Waals surface area contributed by atoms with Crippen LogP contribution in [0.2, 0.25) is 0 Å². The van der Waals surface area contributed by atoms with Crippen LogP contribution in [-0.4, -0.2) is 26.3 Å². The summed E-state index contributed by atoms with van der Waals surface area (Å²) >= 11 is 0.917. The molecule has 1 aromatic heterocycles. The van der Waals surface area contributed by atoms with Crippen molar-refractivity contribution in [1.29, 1.82) is 0 Å². The maximum atomic E-state index is 13.2. The van der Waals surface area contributed by atoms with Crippen molar-refractivity contribution >= 4 is 29.0 Å². The molecule has 1 aromatic carbocycles. The lowest BCUT2D eigenvalue weighted by atomic mass is 10.1. The van der Waals surface area contributed by atoms with Crippen LogP contribution in [0.4, 0.5) is 24.5 Å². The van der Waals surface area contributed by atoms with Crippen molar-refractivity contribution in [3.8, 4) is 0 Å². The van der Waals surface area contributed by atoms with E-state index < -0.39 is 39.2 Å². The summed E-state index contributed by atoms with van der Waals surface area (Å²) in [4.78, 5) is 22.0. The third-order valence-corrected chi connectivity index (χ3v) is 4.71. The number of hydrogen-bond acceptors (Lipinski definition) is 7. The maximum absolute atomic E-state index is 13.2. The standard InChI is InChI=1S/C15H13F3N4O4S/c1-7(27-14-21-20-13(26-14)8-2-3-8)12(23)19-11-5-4-9(22(24)25)6-10(11)15(16,17)18/h4-8H,2-3H2,1H3,(H,19,23)/t7-/m1/s1. The normalized spacial score (nSPS) is 15.4. The van der Waals surface area contributed by atoms with Gasteiger partial charge in [0.2, 0.25) is 11.8 Å². The first kappa shape index (κ1) is 19.1. The van der Waals surface area contributed by atoms with E-state index in [1.165, 1.54) is 6.92 Å². The number of rotatable bonds is 6. The number of non-ortho nitro benzene ring substituents is 1. The molecule has 0 unspecified atom stereocenters. The predicted molar refractivity (Wildman–Crippen MR) is 88.3 cm³/mol. The second-order valence-electron chi connectivity index (χ2n) is 5.91. The molecule has 1 saturated carbocycles. The highest BCUT2D eigenvalue weighted by Crippen LogP contribution is 2.40. The van der Waals surface area contributed by atoms with Gasteiger partial charge in [-0.3, -0.25) is 14.9 Å². The van der Waals surface area contributed by atoms with Crippen LogP contribution < -0.4 is 5.32 Å². The van der Waals surface area contributed by atoms with Crippen LogP contribution in [0, 0.1) is 10.1 Å². The molecular formula is C15H13F3N4O4S. The number of halogens is 3. The summed E-state index contributed by atoms with van der Waals surface area (Å²) in [5, 5.41) is 19.9. The van der Waals surface area contributed by atoms with Gasteiger partial charge in [-0.15, -0.1) is 10.2 Å². The Hall–Kier alpha value is -2.63.